The smallest absolute Gasteiger partial charge is 0.0691 e. The second kappa shape index (κ2) is 7.28. The molecule has 0 heterocycles. The van der Waals surface area contributed by atoms with Crippen LogP contribution >= 0.6 is 0 Å². The van der Waals surface area contributed by atoms with Gasteiger partial charge in [0.15, 0.2) is 0 Å². The maximum absolute atomic E-state index is 4.76. The molecule has 0 fully saturated rings. The zero-order valence-corrected chi connectivity index (χ0v) is 14.9. The summed E-state index contributed by atoms with van der Waals surface area (Å²) in [5.41, 5.74) is 8.83. The number of benzene rings is 2. The van der Waals surface area contributed by atoms with Gasteiger partial charge in [0.2, 0.25) is 0 Å². The number of rotatable bonds is 4. The Balaban J connectivity index is 2.25. The molecule has 0 atom stereocenters. The van der Waals surface area contributed by atoms with E-state index in [4.69, 9.17) is 10.3 Å². The molecule has 2 aromatic rings. The number of hydrogen-bond acceptors (Lipinski definition) is 1. The van der Waals surface area contributed by atoms with E-state index in [-0.39, 0.29) is 0 Å². The lowest BCUT2D eigenvalue weighted by molar-refractivity contribution is 1.32. The van der Waals surface area contributed by atoms with Gasteiger partial charge in [0.25, 0.3) is 0 Å². The number of hydrogen-bond donors (Lipinski definition) is 0. The van der Waals surface area contributed by atoms with Gasteiger partial charge in [0.1, 0.15) is 0 Å². The number of para-hydroxylation sites is 2. The first-order valence-electron chi connectivity index (χ1n) is 7.96. The quantitative estimate of drug-likeness (QED) is 0.567. The van der Waals surface area contributed by atoms with Crippen LogP contribution in [0.4, 0.5) is 11.4 Å². The van der Waals surface area contributed by atoms with Crippen LogP contribution in [0.2, 0.25) is 0 Å². The van der Waals surface area contributed by atoms with Crippen LogP contribution in [-0.4, -0.2) is 5.71 Å². The van der Waals surface area contributed by atoms with E-state index in [1.807, 2.05) is 19.9 Å². The molecule has 0 aliphatic carbocycles. The lowest BCUT2D eigenvalue weighted by Gasteiger charge is -2.27. The van der Waals surface area contributed by atoms with Gasteiger partial charge in [-0.25, -0.2) is 0 Å². The highest BCUT2D eigenvalue weighted by atomic mass is 14.9. The van der Waals surface area contributed by atoms with Crippen molar-refractivity contribution in [1.29, 1.82) is 0 Å². The molecule has 120 valence electrons. The highest BCUT2D eigenvalue weighted by Gasteiger charge is 1.99. The van der Waals surface area contributed by atoms with Crippen LogP contribution in [0.5, 0.6) is 0 Å². The minimum atomic E-state index is 0.967. The fourth-order valence-electron chi connectivity index (χ4n) is 2.68. The summed E-state index contributed by atoms with van der Waals surface area (Å²) in [6, 6.07) is 12.5. The maximum Gasteiger partial charge on any atom is 0.0691 e. The SMILES string of the molecule is CC(/C=C(/C)[N-]c1c(C)cccc1C)=Nc1c(C)cccc1C. The van der Waals surface area contributed by atoms with Crippen molar-refractivity contribution >= 4 is 17.1 Å². The van der Waals surface area contributed by atoms with Crippen molar-refractivity contribution in [2.24, 2.45) is 4.99 Å². The van der Waals surface area contributed by atoms with E-state index in [1.165, 1.54) is 22.3 Å². The van der Waals surface area contributed by atoms with Gasteiger partial charge in [0, 0.05) is 5.71 Å². The van der Waals surface area contributed by atoms with E-state index in [0.29, 0.717) is 0 Å². The molecule has 0 N–H and O–H groups in total. The van der Waals surface area contributed by atoms with Gasteiger partial charge in [-0.3, -0.25) is 4.99 Å². The van der Waals surface area contributed by atoms with Crippen molar-refractivity contribution in [1.82, 2.24) is 0 Å². The van der Waals surface area contributed by atoms with Gasteiger partial charge < -0.3 is 5.32 Å². The van der Waals surface area contributed by atoms with E-state index < -0.39 is 0 Å². The molecule has 23 heavy (non-hydrogen) atoms. The zero-order valence-electron chi connectivity index (χ0n) is 14.9. The predicted octanol–water partition coefficient (Wildman–Crippen LogP) is 6.62. The molecule has 0 spiro atoms. The van der Waals surface area contributed by atoms with E-state index in [2.05, 4.69) is 64.1 Å². The van der Waals surface area contributed by atoms with Gasteiger partial charge in [-0.2, -0.15) is 5.70 Å². The van der Waals surface area contributed by atoms with Gasteiger partial charge in [-0.05, 0) is 45.7 Å². The maximum atomic E-state index is 4.76. The van der Waals surface area contributed by atoms with Crippen LogP contribution in [0, 0.1) is 27.7 Å². The minimum Gasteiger partial charge on any atom is -0.661 e. The molecular formula is C21H25N2-. The lowest BCUT2D eigenvalue weighted by atomic mass is 10.1. The fraction of sp³-hybridized carbons (Fsp3) is 0.286. The average Bonchev–Trinajstić information content (AvgIpc) is 2.47. The molecule has 0 bridgehead atoms. The first-order valence-corrected chi connectivity index (χ1v) is 7.96. The molecule has 0 saturated carbocycles. The Morgan fingerprint density at radius 1 is 0.826 bits per heavy atom. The molecule has 0 aliphatic heterocycles. The molecule has 0 unspecified atom stereocenters. The van der Waals surface area contributed by atoms with Crippen LogP contribution in [0.3, 0.4) is 0 Å². The van der Waals surface area contributed by atoms with Crippen molar-refractivity contribution in [3.63, 3.8) is 0 Å². The Labute approximate surface area is 140 Å². The molecule has 0 radical (unpaired) electrons. The second-order valence-corrected chi connectivity index (χ2v) is 6.13. The molecule has 2 rings (SSSR count). The van der Waals surface area contributed by atoms with Gasteiger partial charge in [0.05, 0.1) is 5.69 Å². The minimum absolute atomic E-state index is 0.967. The molecule has 0 saturated heterocycles. The standard InChI is InChI=1S/C21H25N2/c1-14-9-7-10-15(2)20(14)22-18(5)13-19(6)23-21-16(3)11-8-12-17(21)4/h7-13H,1-6H3/q-1/b18-13-,23-19?. The van der Waals surface area contributed by atoms with E-state index in [9.17, 15) is 0 Å². The highest BCUT2D eigenvalue weighted by molar-refractivity contribution is 5.96. The van der Waals surface area contributed by atoms with Crippen LogP contribution in [0.15, 0.2) is 53.2 Å². The van der Waals surface area contributed by atoms with Crippen LogP contribution in [0.25, 0.3) is 5.32 Å². The van der Waals surface area contributed by atoms with Crippen LogP contribution in [-0.2, 0) is 0 Å². The number of allylic oxidation sites excluding steroid dienone is 2. The van der Waals surface area contributed by atoms with Gasteiger partial charge >= 0.3 is 0 Å². The van der Waals surface area contributed by atoms with Crippen LogP contribution < -0.4 is 0 Å². The molecular weight excluding hydrogens is 280 g/mol. The van der Waals surface area contributed by atoms with Crippen molar-refractivity contribution in [3.8, 4) is 0 Å². The topological polar surface area (TPSA) is 26.5 Å². The fourth-order valence-corrected chi connectivity index (χ4v) is 2.68. The molecule has 2 heteroatoms. The first-order chi connectivity index (χ1) is 10.9. The number of aryl methyl sites for hydroxylation is 4. The predicted molar refractivity (Wildman–Crippen MR) is 101 cm³/mol. The number of aliphatic imine (C=N–C) groups is 1. The molecule has 0 aromatic heterocycles. The third-order valence-electron chi connectivity index (χ3n) is 3.87. The molecule has 2 nitrogen and oxygen atoms in total. The normalized spacial score (nSPS) is 12.4. The molecule has 2 aromatic carbocycles. The summed E-state index contributed by atoms with van der Waals surface area (Å²) in [6.45, 7) is 12.4. The van der Waals surface area contributed by atoms with Crippen LogP contribution in [0.1, 0.15) is 36.1 Å². The van der Waals surface area contributed by atoms with Crippen molar-refractivity contribution in [3.05, 3.63) is 75.7 Å². The molecule has 0 aliphatic rings. The highest BCUT2D eigenvalue weighted by Crippen LogP contribution is 2.31. The Morgan fingerprint density at radius 2 is 1.30 bits per heavy atom. The van der Waals surface area contributed by atoms with Crippen molar-refractivity contribution in [2.75, 3.05) is 0 Å². The van der Waals surface area contributed by atoms with Gasteiger partial charge in [-0.1, -0.05) is 60.5 Å². The zero-order chi connectivity index (χ0) is 17.0. The summed E-state index contributed by atoms with van der Waals surface area (Å²) in [5, 5.41) is 4.76. The number of nitrogens with zero attached hydrogens (tertiary/aromatic N) is 2. The van der Waals surface area contributed by atoms with Crippen molar-refractivity contribution in [2.45, 2.75) is 41.5 Å². The Bertz CT molecular complexity index is 727. The largest absolute Gasteiger partial charge is 0.661 e. The lowest BCUT2D eigenvalue weighted by Crippen LogP contribution is -1.90. The molecule has 0 amide bonds. The van der Waals surface area contributed by atoms with Crippen molar-refractivity contribution < 1.29 is 0 Å². The summed E-state index contributed by atoms with van der Waals surface area (Å²) in [5.74, 6) is 0. The van der Waals surface area contributed by atoms with Gasteiger partial charge in [-0.15, -0.1) is 5.69 Å². The Morgan fingerprint density at radius 3 is 1.83 bits per heavy atom. The van der Waals surface area contributed by atoms with E-state index >= 15 is 0 Å². The summed E-state index contributed by atoms with van der Waals surface area (Å²) in [6.07, 6.45) is 2.04. The summed E-state index contributed by atoms with van der Waals surface area (Å²) < 4.78 is 0. The van der Waals surface area contributed by atoms with E-state index in [0.717, 1.165) is 22.8 Å². The summed E-state index contributed by atoms with van der Waals surface area (Å²) in [4.78, 5) is 4.76. The second-order valence-electron chi connectivity index (χ2n) is 6.13. The average molecular weight is 305 g/mol. The van der Waals surface area contributed by atoms with E-state index in [1.54, 1.807) is 0 Å². The third kappa shape index (κ3) is 4.32. The Kier molecular flexibility index (Phi) is 5.38. The summed E-state index contributed by atoms with van der Waals surface area (Å²) in [7, 11) is 0. The summed E-state index contributed by atoms with van der Waals surface area (Å²) >= 11 is 0. The third-order valence-corrected chi connectivity index (χ3v) is 3.87. The Hall–Kier alpha value is -2.35. The monoisotopic (exact) mass is 305 g/mol. The first kappa shape index (κ1) is 17.0.